The topological polar surface area (TPSA) is 25.2 Å². The third-order valence-electron chi connectivity index (χ3n) is 2.98. The van der Waals surface area contributed by atoms with E-state index in [1.165, 1.54) is 0 Å². The Hall–Kier alpha value is -0.960. The molecule has 2 rings (SSSR count). The van der Waals surface area contributed by atoms with Crippen molar-refractivity contribution in [2.45, 2.75) is 18.9 Å². The number of piperidine rings is 1. The van der Waals surface area contributed by atoms with Crippen molar-refractivity contribution in [3.63, 3.8) is 0 Å². The summed E-state index contributed by atoms with van der Waals surface area (Å²) in [5.41, 5.74) is 0. The van der Waals surface area contributed by atoms with Crippen LogP contribution in [0.3, 0.4) is 0 Å². The molecule has 0 aromatic carbocycles. The Bertz CT molecular complexity index is 315. The Labute approximate surface area is 94.6 Å². The molecule has 1 aromatic heterocycles. The van der Waals surface area contributed by atoms with Crippen LogP contribution in [0.2, 0.25) is 0 Å². The van der Waals surface area contributed by atoms with E-state index in [2.05, 4.69) is 17.0 Å². The van der Waals surface area contributed by atoms with Crippen molar-refractivity contribution in [2.24, 2.45) is 0 Å². The summed E-state index contributed by atoms with van der Waals surface area (Å²) in [7, 11) is 0. The lowest BCUT2D eigenvalue weighted by Crippen LogP contribution is -2.39. The maximum atomic E-state index is 11.3. The lowest BCUT2D eigenvalue weighted by atomic mass is 10.1. The average molecular weight is 227 g/mol. The molecule has 0 N–H and O–H groups in total. The minimum atomic E-state index is 0.0580. The second-order valence-electron chi connectivity index (χ2n) is 3.88. The molecule has 1 aliphatic heterocycles. The zero-order valence-corrected chi connectivity index (χ0v) is 9.36. The smallest absolute Gasteiger partial charge is 0.237 e. The van der Waals surface area contributed by atoms with Crippen LogP contribution in [-0.2, 0) is 4.79 Å². The molecular formula is C11H15ClN2O. The first-order valence-corrected chi connectivity index (χ1v) is 5.81. The minimum absolute atomic E-state index is 0.0580. The van der Waals surface area contributed by atoms with Crippen LogP contribution in [0, 0.1) is 0 Å². The largest absolute Gasteiger partial charge is 0.351 e. The summed E-state index contributed by atoms with van der Waals surface area (Å²) in [6, 6.07) is 4.62. The zero-order valence-electron chi connectivity index (χ0n) is 8.60. The summed E-state index contributed by atoms with van der Waals surface area (Å²) in [6.07, 6.45) is 6.22. The molecule has 3 nitrogen and oxygen atoms in total. The van der Waals surface area contributed by atoms with Gasteiger partial charge in [-0.25, -0.2) is 0 Å². The van der Waals surface area contributed by atoms with Crippen molar-refractivity contribution in [2.75, 3.05) is 19.0 Å². The number of alkyl halides is 1. The summed E-state index contributed by atoms with van der Waals surface area (Å²) < 4.78 is 2.22. The van der Waals surface area contributed by atoms with E-state index in [4.69, 9.17) is 11.6 Å². The van der Waals surface area contributed by atoms with E-state index in [0.29, 0.717) is 6.04 Å². The van der Waals surface area contributed by atoms with Gasteiger partial charge < -0.3 is 9.47 Å². The maximum absolute atomic E-state index is 11.3. The van der Waals surface area contributed by atoms with Crippen LogP contribution < -0.4 is 0 Å². The monoisotopic (exact) mass is 226 g/mol. The first-order valence-electron chi connectivity index (χ1n) is 5.27. The molecule has 0 radical (unpaired) electrons. The van der Waals surface area contributed by atoms with Gasteiger partial charge in [-0.1, -0.05) is 0 Å². The molecule has 1 fully saturated rings. The summed E-state index contributed by atoms with van der Waals surface area (Å²) in [4.78, 5) is 13.2. The number of hydrogen-bond donors (Lipinski definition) is 0. The van der Waals surface area contributed by atoms with Crippen LogP contribution in [0.25, 0.3) is 0 Å². The van der Waals surface area contributed by atoms with Gasteiger partial charge in [0, 0.05) is 31.5 Å². The van der Waals surface area contributed by atoms with E-state index >= 15 is 0 Å². The highest BCUT2D eigenvalue weighted by Gasteiger charge is 2.22. The second-order valence-corrected chi connectivity index (χ2v) is 4.14. The van der Waals surface area contributed by atoms with E-state index in [0.717, 1.165) is 25.9 Å². The highest BCUT2D eigenvalue weighted by atomic mass is 35.5. The van der Waals surface area contributed by atoms with Crippen molar-refractivity contribution >= 4 is 17.5 Å². The van der Waals surface area contributed by atoms with Crippen molar-refractivity contribution in [1.29, 1.82) is 0 Å². The van der Waals surface area contributed by atoms with Crippen LogP contribution in [0.15, 0.2) is 24.5 Å². The number of carbonyl (C=O) groups is 1. The molecule has 0 spiro atoms. The molecular weight excluding hydrogens is 212 g/mol. The molecule has 1 aliphatic rings. The van der Waals surface area contributed by atoms with Gasteiger partial charge in [-0.05, 0) is 25.0 Å². The first kappa shape index (κ1) is 10.6. The molecule has 1 aromatic rings. The van der Waals surface area contributed by atoms with E-state index in [9.17, 15) is 4.79 Å². The second kappa shape index (κ2) is 4.71. The van der Waals surface area contributed by atoms with E-state index in [1.54, 1.807) is 0 Å². The van der Waals surface area contributed by atoms with Crippen molar-refractivity contribution < 1.29 is 4.79 Å². The normalized spacial score (nSPS) is 18.1. The highest BCUT2D eigenvalue weighted by molar-refractivity contribution is 6.27. The lowest BCUT2D eigenvalue weighted by Gasteiger charge is -2.32. The van der Waals surface area contributed by atoms with Gasteiger partial charge in [0.25, 0.3) is 0 Å². The Balaban J connectivity index is 1.90. The molecule has 1 amide bonds. The molecule has 1 saturated heterocycles. The number of likely N-dealkylation sites (tertiary alicyclic amines) is 1. The molecule has 15 heavy (non-hydrogen) atoms. The standard InChI is InChI=1S/C11H15ClN2O/c12-9-11(15)14-7-3-10(4-8-14)13-5-1-2-6-13/h1-2,5-6,10H,3-4,7-9H2. The Morgan fingerprint density at radius 2 is 1.87 bits per heavy atom. The van der Waals surface area contributed by atoms with Gasteiger partial charge >= 0.3 is 0 Å². The lowest BCUT2D eigenvalue weighted by molar-refractivity contribution is -0.129. The molecule has 2 heterocycles. The Morgan fingerprint density at radius 1 is 1.27 bits per heavy atom. The number of carbonyl (C=O) groups excluding carboxylic acids is 1. The third kappa shape index (κ3) is 2.34. The van der Waals surface area contributed by atoms with Gasteiger partial charge in [0.05, 0.1) is 0 Å². The van der Waals surface area contributed by atoms with Crippen molar-refractivity contribution in [1.82, 2.24) is 9.47 Å². The number of hydrogen-bond acceptors (Lipinski definition) is 1. The Kier molecular flexibility index (Phi) is 3.31. The summed E-state index contributed by atoms with van der Waals surface area (Å²) in [5.74, 6) is 0.163. The fraction of sp³-hybridized carbons (Fsp3) is 0.545. The molecule has 4 heteroatoms. The molecule has 0 saturated carbocycles. The van der Waals surface area contributed by atoms with Crippen LogP contribution in [0.5, 0.6) is 0 Å². The summed E-state index contributed by atoms with van der Waals surface area (Å²) in [5, 5.41) is 0. The number of halogens is 1. The van der Waals surface area contributed by atoms with E-state index < -0.39 is 0 Å². The van der Waals surface area contributed by atoms with Gasteiger partial charge in [-0.3, -0.25) is 4.79 Å². The van der Waals surface area contributed by atoms with Crippen LogP contribution in [-0.4, -0.2) is 34.3 Å². The predicted molar refractivity (Wildman–Crippen MR) is 60.0 cm³/mol. The van der Waals surface area contributed by atoms with Gasteiger partial charge in [0.1, 0.15) is 5.88 Å². The third-order valence-corrected chi connectivity index (χ3v) is 3.21. The number of nitrogens with zero attached hydrogens (tertiary/aromatic N) is 2. The van der Waals surface area contributed by atoms with E-state index in [-0.39, 0.29) is 11.8 Å². The van der Waals surface area contributed by atoms with Crippen molar-refractivity contribution in [3.8, 4) is 0 Å². The predicted octanol–water partition coefficient (Wildman–Crippen LogP) is 1.89. The first-order chi connectivity index (χ1) is 7.31. The number of aromatic nitrogens is 1. The number of rotatable bonds is 2. The van der Waals surface area contributed by atoms with Gasteiger partial charge in [0.2, 0.25) is 5.91 Å². The summed E-state index contributed by atoms with van der Waals surface area (Å²) >= 11 is 5.52. The fourth-order valence-corrected chi connectivity index (χ4v) is 2.26. The average Bonchev–Trinajstić information content (AvgIpc) is 2.82. The zero-order chi connectivity index (χ0) is 10.7. The molecule has 82 valence electrons. The van der Waals surface area contributed by atoms with Crippen LogP contribution in [0.4, 0.5) is 0 Å². The van der Waals surface area contributed by atoms with Gasteiger partial charge in [-0.15, -0.1) is 11.6 Å². The molecule has 0 aliphatic carbocycles. The maximum Gasteiger partial charge on any atom is 0.237 e. The van der Waals surface area contributed by atoms with Crippen LogP contribution in [0.1, 0.15) is 18.9 Å². The summed E-state index contributed by atoms with van der Waals surface area (Å²) in [6.45, 7) is 1.66. The molecule has 0 unspecified atom stereocenters. The fourth-order valence-electron chi connectivity index (χ4n) is 2.09. The van der Waals surface area contributed by atoms with E-state index in [1.807, 2.05) is 17.0 Å². The number of amides is 1. The molecule has 0 bridgehead atoms. The molecule has 0 atom stereocenters. The van der Waals surface area contributed by atoms with Gasteiger partial charge in [0.15, 0.2) is 0 Å². The quantitative estimate of drug-likeness (QED) is 0.707. The Morgan fingerprint density at radius 3 is 2.40 bits per heavy atom. The van der Waals surface area contributed by atoms with Gasteiger partial charge in [-0.2, -0.15) is 0 Å². The van der Waals surface area contributed by atoms with Crippen LogP contribution >= 0.6 is 11.6 Å². The highest BCUT2D eigenvalue weighted by Crippen LogP contribution is 2.22. The minimum Gasteiger partial charge on any atom is -0.351 e. The SMILES string of the molecule is O=C(CCl)N1CCC(n2cccc2)CC1. The van der Waals surface area contributed by atoms with Crippen molar-refractivity contribution in [3.05, 3.63) is 24.5 Å².